The number of hydrogen-bond donors (Lipinski definition) is 0. The molecule has 2 rings (SSSR count). The third-order valence-corrected chi connectivity index (χ3v) is 6.49. The summed E-state index contributed by atoms with van der Waals surface area (Å²) in [5, 5.41) is 0. The highest BCUT2D eigenvalue weighted by molar-refractivity contribution is 7.91. The normalized spacial score (nSPS) is 17.4. The lowest BCUT2D eigenvalue weighted by atomic mass is 10.1. The first-order valence-electron chi connectivity index (χ1n) is 6.06. The Morgan fingerprint density at radius 1 is 1.50 bits per heavy atom. The summed E-state index contributed by atoms with van der Waals surface area (Å²) < 4.78 is 36.2. The molecular weight excluding hydrogens is 304 g/mol. The molecular formula is C11H16N2O5S2. The van der Waals surface area contributed by atoms with Crippen molar-refractivity contribution in [2.75, 3.05) is 27.4 Å². The van der Waals surface area contributed by atoms with Crippen molar-refractivity contribution in [2.45, 2.75) is 23.1 Å². The topological polar surface area (TPSA) is 85.8 Å². The van der Waals surface area contributed by atoms with Gasteiger partial charge >= 0.3 is 5.97 Å². The number of methoxy groups -OCH3 is 1. The predicted octanol–water partition coefficient (Wildman–Crippen LogP) is 0.729. The summed E-state index contributed by atoms with van der Waals surface area (Å²) in [7, 11) is -1.03. The molecule has 2 heterocycles. The monoisotopic (exact) mass is 320 g/mol. The second-order valence-electron chi connectivity index (χ2n) is 4.34. The van der Waals surface area contributed by atoms with E-state index in [1.54, 1.807) is 0 Å². The molecule has 0 aromatic carbocycles. The molecule has 9 heteroatoms. The van der Waals surface area contributed by atoms with Crippen molar-refractivity contribution in [1.29, 1.82) is 0 Å². The van der Waals surface area contributed by atoms with Crippen molar-refractivity contribution in [3.63, 3.8) is 0 Å². The van der Waals surface area contributed by atoms with Crippen molar-refractivity contribution in [3.8, 4) is 0 Å². The molecule has 0 radical (unpaired) electrons. The quantitative estimate of drug-likeness (QED) is 0.760. The van der Waals surface area contributed by atoms with E-state index in [9.17, 15) is 13.2 Å². The standard InChI is InChI=1S/C11H16N2O5S2/c1-13(8-3-5-18-6-4-8)20(15,16)11-9(10(14)17-2)12-7-19-11/h7-8H,3-6H2,1-2H3. The summed E-state index contributed by atoms with van der Waals surface area (Å²) >= 11 is 0.920. The zero-order valence-corrected chi connectivity index (χ0v) is 12.9. The van der Waals surface area contributed by atoms with E-state index < -0.39 is 16.0 Å². The zero-order chi connectivity index (χ0) is 14.8. The molecule has 7 nitrogen and oxygen atoms in total. The van der Waals surface area contributed by atoms with Crippen LogP contribution in [-0.2, 0) is 19.5 Å². The number of sulfonamides is 1. The first kappa shape index (κ1) is 15.4. The van der Waals surface area contributed by atoms with Gasteiger partial charge in [-0.3, -0.25) is 0 Å². The summed E-state index contributed by atoms with van der Waals surface area (Å²) in [6, 6.07) is -0.124. The zero-order valence-electron chi connectivity index (χ0n) is 11.2. The first-order chi connectivity index (χ1) is 9.48. The Morgan fingerprint density at radius 2 is 2.15 bits per heavy atom. The van der Waals surface area contributed by atoms with Gasteiger partial charge in [-0.15, -0.1) is 11.3 Å². The minimum Gasteiger partial charge on any atom is -0.464 e. The maximum atomic E-state index is 12.6. The SMILES string of the molecule is COC(=O)c1ncsc1S(=O)(=O)N(C)C1CCOCC1. The highest BCUT2D eigenvalue weighted by atomic mass is 32.2. The Bertz CT molecular complexity index is 577. The highest BCUT2D eigenvalue weighted by Gasteiger charge is 2.34. The van der Waals surface area contributed by atoms with Crippen LogP contribution in [0.1, 0.15) is 23.3 Å². The average Bonchev–Trinajstić information content (AvgIpc) is 2.96. The molecule has 112 valence electrons. The fourth-order valence-corrected chi connectivity index (χ4v) is 4.74. The molecule has 1 aliphatic heterocycles. The number of carbonyl (C=O) groups is 1. The summed E-state index contributed by atoms with van der Waals surface area (Å²) in [6.45, 7) is 1.08. The number of aromatic nitrogens is 1. The lowest BCUT2D eigenvalue weighted by Gasteiger charge is -2.30. The Labute approximate surface area is 121 Å². The molecule has 0 atom stereocenters. The van der Waals surface area contributed by atoms with Gasteiger partial charge in [-0.25, -0.2) is 18.2 Å². The first-order valence-corrected chi connectivity index (χ1v) is 8.38. The number of carbonyl (C=O) groups excluding carboxylic acids is 1. The van der Waals surface area contributed by atoms with Crippen molar-refractivity contribution >= 4 is 27.3 Å². The summed E-state index contributed by atoms with van der Waals surface area (Å²) in [6.07, 6.45) is 1.28. The minimum atomic E-state index is -3.75. The number of thiazole rings is 1. The molecule has 1 fully saturated rings. The van der Waals surface area contributed by atoms with E-state index in [2.05, 4.69) is 9.72 Å². The average molecular weight is 320 g/mol. The van der Waals surface area contributed by atoms with E-state index in [4.69, 9.17) is 4.74 Å². The largest absolute Gasteiger partial charge is 0.464 e. The Hall–Kier alpha value is -1.03. The van der Waals surface area contributed by atoms with Crippen LogP contribution in [0.4, 0.5) is 0 Å². The van der Waals surface area contributed by atoms with Gasteiger partial charge in [0, 0.05) is 26.3 Å². The Kier molecular flexibility index (Phi) is 4.74. The third-order valence-electron chi connectivity index (χ3n) is 3.23. The van der Waals surface area contributed by atoms with Crippen LogP contribution in [0.15, 0.2) is 9.72 Å². The molecule has 0 N–H and O–H groups in total. The number of ether oxygens (including phenoxy) is 2. The number of rotatable bonds is 4. The van der Waals surface area contributed by atoms with Gasteiger partial charge < -0.3 is 9.47 Å². The predicted molar refractivity (Wildman–Crippen MR) is 72.2 cm³/mol. The minimum absolute atomic E-state index is 0.0710. The van der Waals surface area contributed by atoms with Gasteiger partial charge in [0.1, 0.15) is 0 Å². The van der Waals surface area contributed by atoms with Crippen LogP contribution < -0.4 is 0 Å². The van der Waals surface area contributed by atoms with Gasteiger partial charge in [-0.05, 0) is 12.8 Å². The van der Waals surface area contributed by atoms with E-state index in [0.717, 1.165) is 11.3 Å². The number of hydrogen-bond acceptors (Lipinski definition) is 7. The van der Waals surface area contributed by atoms with E-state index in [1.807, 2.05) is 0 Å². The van der Waals surface area contributed by atoms with Gasteiger partial charge in [0.15, 0.2) is 9.90 Å². The van der Waals surface area contributed by atoms with Crippen molar-refractivity contribution < 1.29 is 22.7 Å². The molecule has 0 aliphatic carbocycles. The highest BCUT2D eigenvalue weighted by Crippen LogP contribution is 2.27. The van der Waals surface area contributed by atoms with E-state index >= 15 is 0 Å². The van der Waals surface area contributed by atoms with Gasteiger partial charge in [0.2, 0.25) is 0 Å². The molecule has 0 amide bonds. The summed E-state index contributed by atoms with van der Waals surface area (Å²) in [5.74, 6) is -0.745. The Balaban J connectivity index is 2.30. The van der Waals surface area contributed by atoms with Gasteiger partial charge in [-0.2, -0.15) is 4.31 Å². The van der Waals surface area contributed by atoms with Gasteiger partial charge in [-0.1, -0.05) is 0 Å². The molecule has 0 bridgehead atoms. The molecule has 20 heavy (non-hydrogen) atoms. The molecule has 1 aromatic rings. The lowest BCUT2D eigenvalue weighted by molar-refractivity contribution is 0.0586. The molecule has 1 aromatic heterocycles. The van der Waals surface area contributed by atoms with Crippen LogP contribution in [0.5, 0.6) is 0 Å². The summed E-state index contributed by atoms with van der Waals surface area (Å²) in [5.41, 5.74) is 1.17. The van der Waals surface area contributed by atoms with Gasteiger partial charge in [0.25, 0.3) is 10.0 Å². The van der Waals surface area contributed by atoms with E-state index in [-0.39, 0.29) is 15.9 Å². The van der Waals surface area contributed by atoms with Crippen LogP contribution in [0, 0.1) is 0 Å². The summed E-state index contributed by atoms with van der Waals surface area (Å²) in [4.78, 5) is 15.4. The number of nitrogens with zero attached hydrogens (tertiary/aromatic N) is 2. The second-order valence-corrected chi connectivity index (χ2v) is 7.39. The molecule has 0 saturated carbocycles. The van der Waals surface area contributed by atoms with Crippen molar-refractivity contribution in [2.24, 2.45) is 0 Å². The molecule has 1 aliphatic rings. The van der Waals surface area contributed by atoms with Crippen LogP contribution in [-0.4, -0.2) is 57.1 Å². The Morgan fingerprint density at radius 3 is 2.75 bits per heavy atom. The van der Waals surface area contributed by atoms with Crippen molar-refractivity contribution in [3.05, 3.63) is 11.2 Å². The fourth-order valence-electron chi connectivity index (χ4n) is 2.03. The van der Waals surface area contributed by atoms with Crippen LogP contribution >= 0.6 is 11.3 Å². The maximum Gasteiger partial charge on any atom is 0.358 e. The lowest BCUT2D eigenvalue weighted by Crippen LogP contribution is -2.40. The van der Waals surface area contributed by atoms with Crippen LogP contribution in [0.3, 0.4) is 0 Å². The fraction of sp³-hybridized carbons (Fsp3) is 0.636. The van der Waals surface area contributed by atoms with E-state index in [0.29, 0.717) is 26.1 Å². The second kappa shape index (κ2) is 6.17. The van der Waals surface area contributed by atoms with Crippen molar-refractivity contribution in [1.82, 2.24) is 9.29 Å². The van der Waals surface area contributed by atoms with Gasteiger partial charge in [0.05, 0.1) is 12.6 Å². The smallest absolute Gasteiger partial charge is 0.358 e. The molecule has 0 unspecified atom stereocenters. The maximum absolute atomic E-state index is 12.6. The molecule has 1 saturated heterocycles. The van der Waals surface area contributed by atoms with E-state index in [1.165, 1.54) is 24.0 Å². The third kappa shape index (κ3) is 2.85. The van der Waals surface area contributed by atoms with Crippen LogP contribution in [0.25, 0.3) is 0 Å². The van der Waals surface area contributed by atoms with Crippen LogP contribution in [0.2, 0.25) is 0 Å². The number of esters is 1. The molecule has 0 spiro atoms.